The van der Waals surface area contributed by atoms with Crippen molar-refractivity contribution in [2.75, 3.05) is 13.7 Å². The Balaban J connectivity index is 0.000000400. The monoisotopic (exact) mass is 317 g/mol. The molecule has 0 fully saturated rings. The summed E-state index contributed by atoms with van der Waals surface area (Å²) in [5.74, 6) is 0.564. The summed E-state index contributed by atoms with van der Waals surface area (Å²) in [6, 6.07) is 7.32. The lowest BCUT2D eigenvalue weighted by Gasteiger charge is -2.02. The zero-order chi connectivity index (χ0) is 16.1. The minimum Gasteiger partial charge on any atom is -0.410 e. The molecule has 3 N–H and O–H groups in total. The van der Waals surface area contributed by atoms with E-state index in [2.05, 4.69) is 16.8 Å². The average Bonchev–Trinajstić information content (AvgIpc) is 2.44. The normalized spacial score (nSPS) is 9.81. The number of amides is 1. The maximum Gasteiger partial charge on any atom is 0.412 e. The van der Waals surface area contributed by atoms with Gasteiger partial charge in [-0.15, -0.1) is 0 Å². The summed E-state index contributed by atoms with van der Waals surface area (Å²) in [6.07, 6.45) is 2.68. The minimum absolute atomic E-state index is 0.444. The van der Waals surface area contributed by atoms with E-state index in [9.17, 15) is 4.79 Å². The molecule has 0 spiro atoms. The number of nitrogens with one attached hydrogen (secondary N) is 1. The standard InChI is InChI=1S/C9H11NO2.C5H13O3P/c1-7-4-3-5-8(6-7)12-9(11)10-2;1-2-3-4-5-8-9(6)7/h3-6H,1-2H3,(H,10,11);6-7H,2-5H2,1H3. The number of rotatable bonds is 6. The molecule has 0 atom stereocenters. The number of aryl methyl sites for hydroxylation is 1. The Morgan fingerprint density at radius 1 is 1.33 bits per heavy atom. The second-order valence-corrected chi connectivity index (χ2v) is 5.01. The van der Waals surface area contributed by atoms with Crippen LogP contribution in [-0.2, 0) is 4.52 Å². The van der Waals surface area contributed by atoms with Crippen LogP contribution in [-0.4, -0.2) is 29.5 Å². The zero-order valence-electron chi connectivity index (χ0n) is 12.7. The first kappa shape index (κ1) is 19.8. The van der Waals surface area contributed by atoms with E-state index in [1.54, 1.807) is 12.1 Å². The highest BCUT2D eigenvalue weighted by Gasteiger charge is 1.99. The Morgan fingerprint density at radius 3 is 2.57 bits per heavy atom. The van der Waals surface area contributed by atoms with Gasteiger partial charge in [-0.2, -0.15) is 0 Å². The number of benzene rings is 1. The van der Waals surface area contributed by atoms with Gasteiger partial charge in [0.25, 0.3) is 0 Å². The summed E-state index contributed by atoms with van der Waals surface area (Å²) < 4.78 is 9.41. The van der Waals surface area contributed by atoms with Gasteiger partial charge in [0.15, 0.2) is 0 Å². The Labute approximate surface area is 127 Å². The van der Waals surface area contributed by atoms with Crippen molar-refractivity contribution in [2.24, 2.45) is 0 Å². The molecule has 0 heterocycles. The number of unbranched alkanes of at least 4 members (excludes halogenated alkanes) is 2. The molecule has 7 heteroatoms. The molecule has 0 aromatic heterocycles. The molecule has 6 nitrogen and oxygen atoms in total. The molecule has 1 aromatic carbocycles. The van der Waals surface area contributed by atoms with Crippen LogP contribution in [0.2, 0.25) is 0 Å². The van der Waals surface area contributed by atoms with E-state index in [0.29, 0.717) is 12.4 Å². The molecular formula is C14H24NO5P. The summed E-state index contributed by atoms with van der Waals surface area (Å²) in [5, 5.41) is 2.37. The highest BCUT2D eigenvalue weighted by Crippen LogP contribution is 2.24. The van der Waals surface area contributed by atoms with Gasteiger partial charge in [-0.1, -0.05) is 31.9 Å². The fourth-order valence-corrected chi connectivity index (χ4v) is 1.63. The van der Waals surface area contributed by atoms with Gasteiger partial charge in [0, 0.05) is 7.05 Å². The van der Waals surface area contributed by atoms with E-state index in [0.717, 1.165) is 24.8 Å². The molecule has 0 bridgehead atoms. The SMILES string of the molecule is CCCCCOP(O)O.CNC(=O)Oc1cccc(C)c1. The van der Waals surface area contributed by atoms with Crippen LogP contribution in [0.25, 0.3) is 0 Å². The first-order chi connectivity index (χ1) is 9.99. The Bertz CT molecular complexity index is 401. The summed E-state index contributed by atoms with van der Waals surface area (Å²) in [7, 11) is -0.591. The fraction of sp³-hybridized carbons (Fsp3) is 0.500. The van der Waals surface area contributed by atoms with E-state index in [1.165, 1.54) is 7.05 Å². The minimum atomic E-state index is -2.12. The van der Waals surface area contributed by atoms with Crippen molar-refractivity contribution in [3.05, 3.63) is 29.8 Å². The van der Waals surface area contributed by atoms with E-state index in [-0.39, 0.29) is 0 Å². The van der Waals surface area contributed by atoms with Crippen molar-refractivity contribution < 1.29 is 23.8 Å². The molecule has 120 valence electrons. The quantitative estimate of drug-likeness (QED) is 0.554. The van der Waals surface area contributed by atoms with Gasteiger partial charge < -0.3 is 24.4 Å². The van der Waals surface area contributed by atoms with E-state index >= 15 is 0 Å². The number of carbonyl (C=O) groups excluding carboxylic acids is 1. The van der Waals surface area contributed by atoms with Crippen molar-refractivity contribution in [3.8, 4) is 5.75 Å². The van der Waals surface area contributed by atoms with Crippen molar-refractivity contribution >= 4 is 14.7 Å². The fourth-order valence-electron chi connectivity index (χ4n) is 1.34. The van der Waals surface area contributed by atoms with Crippen LogP contribution in [0.3, 0.4) is 0 Å². The van der Waals surface area contributed by atoms with Gasteiger partial charge in [-0.25, -0.2) is 4.79 Å². The number of carbonyl (C=O) groups is 1. The van der Waals surface area contributed by atoms with Gasteiger partial charge in [0.05, 0.1) is 6.61 Å². The van der Waals surface area contributed by atoms with Crippen LogP contribution in [0, 0.1) is 6.92 Å². The Kier molecular flexibility index (Phi) is 11.8. The number of hydrogen-bond donors (Lipinski definition) is 3. The van der Waals surface area contributed by atoms with E-state index in [1.807, 2.05) is 19.1 Å². The summed E-state index contributed by atoms with van der Waals surface area (Å²) in [6.45, 7) is 4.49. The molecule has 0 saturated carbocycles. The van der Waals surface area contributed by atoms with Gasteiger partial charge in [0.2, 0.25) is 0 Å². The Morgan fingerprint density at radius 2 is 2.05 bits per heavy atom. The molecule has 0 aliphatic carbocycles. The van der Waals surface area contributed by atoms with Gasteiger partial charge >= 0.3 is 14.7 Å². The molecule has 1 rings (SSSR count). The topological polar surface area (TPSA) is 88.0 Å². The van der Waals surface area contributed by atoms with E-state index < -0.39 is 14.7 Å². The average molecular weight is 317 g/mol. The van der Waals surface area contributed by atoms with Gasteiger partial charge in [-0.05, 0) is 31.0 Å². The van der Waals surface area contributed by atoms with Crippen LogP contribution in [0.5, 0.6) is 5.75 Å². The molecule has 21 heavy (non-hydrogen) atoms. The summed E-state index contributed by atoms with van der Waals surface area (Å²) >= 11 is 0. The second kappa shape index (κ2) is 12.5. The predicted octanol–water partition coefficient (Wildman–Crippen LogP) is 3.12. The molecular weight excluding hydrogens is 293 g/mol. The Hall–Kier alpha value is -1.20. The molecule has 0 aliphatic heterocycles. The lowest BCUT2D eigenvalue weighted by atomic mass is 10.2. The van der Waals surface area contributed by atoms with Crippen molar-refractivity contribution in [3.63, 3.8) is 0 Å². The maximum atomic E-state index is 10.8. The lowest BCUT2D eigenvalue weighted by molar-refractivity contribution is 0.203. The molecule has 0 saturated heterocycles. The lowest BCUT2D eigenvalue weighted by Crippen LogP contribution is -2.21. The predicted molar refractivity (Wildman–Crippen MR) is 83.1 cm³/mol. The van der Waals surface area contributed by atoms with Gasteiger partial charge in [0.1, 0.15) is 5.75 Å². The molecule has 1 aromatic rings. The molecule has 0 unspecified atom stereocenters. The molecule has 0 radical (unpaired) electrons. The van der Waals surface area contributed by atoms with Crippen LogP contribution < -0.4 is 10.1 Å². The summed E-state index contributed by atoms with van der Waals surface area (Å²) in [5.41, 5.74) is 1.07. The van der Waals surface area contributed by atoms with Crippen molar-refractivity contribution in [2.45, 2.75) is 33.1 Å². The second-order valence-electron chi connectivity index (χ2n) is 4.25. The van der Waals surface area contributed by atoms with Gasteiger partial charge in [-0.3, -0.25) is 0 Å². The third-order valence-electron chi connectivity index (χ3n) is 2.36. The highest BCUT2D eigenvalue weighted by molar-refractivity contribution is 7.39. The molecule has 1 amide bonds. The number of hydrogen-bond acceptors (Lipinski definition) is 5. The zero-order valence-corrected chi connectivity index (χ0v) is 13.6. The van der Waals surface area contributed by atoms with Crippen molar-refractivity contribution in [1.82, 2.24) is 5.32 Å². The summed E-state index contributed by atoms with van der Waals surface area (Å²) in [4.78, 5) is 27.3. The maximum absolute atomic E-state index is 10.8. The van der Waals surface area contributed by atoms with Crippen LogP contribution in [0.1, 0.15) is 31.7 Å². The first-order valence-corrected chi connectivity index (χ1v) is 7.93. The van der Waals surface area contributed by atoms with Crippen LogP contribution in [0.4, 0.5) is 4.79 Å². The van der Waals surface area contributed by atoms with Crippen LogP contribution >= 0.6 is 8.60 Å². The highest BCUT2D eigenvalue weighted by atomic mass is 31.2. The van der Waals surface area contributed by atoms with Crippen molar-refractivity contribution in [1.29, 1.82) is 0 Å². The third kappa shape index (κ3) is 12.3. The smallest absolute Gasteiger partial charge is 0.410 e. The van der Waals surface area contributed by atoms with Crippen LogP contribution in [0.15, 0.2) is 24.3 Å². The number of ether oxygens (including phenoxy) is 1. The largest absolute Gasteiger partial charge is 0.412 e. The van der Waals surface area contributed by atoms with E-state index in [4.69, 9.17) is 14.5 Å². The first-order valence-electron chi connectivity index (χ1n) is 6.76. The third-order valence-corrected chi connectivity index (χ3v) is 2.77. The molecule has 0 aliphatic rings.